The minimum Gasteiger partial charge on any atom is -0.481 e. The molecule has 2 fully saturated rings. The molecule has 3 heterocycles. The zero-order valence-corrected chi connectivity index (χ0v) is 16.4. The largest absolute Gasteiger partial charge is 0.481 e. The maximum atomic E-state index is 12.7. The fourth-order valence-electron chi connectivity index (χ4n) is 3.99. The molecule has 1 amide bonds. The van der Waals surface area contributed by atoms with Crippen molar-refractivity contribution < 1.29 is 14.3 Å². The highest BCUT2D eigenvalue weighted by molar-refractivity contribution is 5.79. The van der Waals surface area contributed by atoms with E-state index in [2.05, 4.69) is 25.5 Å². The van der Waals surface area contributed by atoms with Crippen LogP contribution >= 0.6 is 0 Å². The Hall–Kier alpha value is -1.93. The van der Waals surface area contributed by atoms with Gasteiger partial charge in [0.25, 0.3) is 0 Å². The molecule has 2 saturated heterocycles. The Bertz CT molecular complexity index is 608. The lowest BCUT2D eigenvalue weighted by Gasteiger charge is -2.38. The molecule has 0 atom stereocenters. The molecule has 8 heteroatoms. The number of nitrogens with zero attached hydrogens (tertiary/aromatic N) is 3. The number of anilines is 1. The van der Waals surface area contributed by atoms with Crippen LogP contribution in [0.5, 0.6) is 5.88 Å². The van der Waals surface area contributed by atoms with Crippen molar-refractivity contribution in [3.8, 4) is 5.88 Å². The average molecular weight is 377 g/mol. The molecule has 0 aromatic carbocycles. The van der Waals surface area contributed by atoms with E-state index in [-0.39, 0.29) is 17.2 Å². The van der Waals surface area contributed by atoms with Crippen LogP contribution in [0.15, 0.2) is 12.3 Å². The Morgan fingerprint density at radius 2 is 2.07 bits per heavy atom. The highest BCUT2D eigenvalue weighted by atomic mass is 16.5. The van der Waals surface area contributed by atoms with E-state index in [0.29, 0.717) is 25.0 Å². The second kappa shape index (κ2) is 9.32. The number of rotatable bonds is 7. The van der Waals surface area contributed by atoms with Crippen molar-refractivity contribution in [1.29, 1.82) is 0 Å². The van der Waals surface area contributed by atoms with Crippen LogP contribution in [0, 0.1) is 11.3 Å². The molecule has 0 bridgehead atoms. The van der Waals surface area contributed by atoms with Crippen molar-refractivity contribution in [2.75, 3.05) is 58.5 Å². The first kappa shape index (κ1) is 19.8. The Kier molecular flexibility index (Phi) is 6.84. The van der Waals surface area contributed by atoms with E-state index in [1.807, 2.05) is 0 Å². The predicted molar refractivity (Wildman–Crippen MR) is 103 cm³/mol. The third kappa shape index (κ3) is 5.07. The fourth-order valence-corrected chi connectivity index (χ4v) is 3.99. The number of piperidine rings is 2. The second-order valence-corrected chi connectivity index (χ2v) is 7.56. The summed E-state index contributed by atoms with van der Waals surface area (Å²) in [6.07, 6.45) is 5.39. The molecular formula is C19H31N5O3. The van der Waals surface area contributed by atoms with E-state index in [1.54, 1.807) is 26.5 Å². The number of methoxy groups -OCH3 is 2. The van der Waals surface area contributed by atoms with Crippen LogP contribution < -0.4 is 20.3 Å². The normalized spacial score (nSPS) is 20.3. The Morgan fingerprint density at radius 1 is 1.33 bits per heavy atom. The van der Waals surface area contributed by atoms with Gasteiger partial charge in [-0.1, -0.05) is 0 Å². The lowest BCUT2D eigenvalue weighted by Crippen LogP contribution is -2.49. The van der Waals surface area contributed by atoms with Crippen LogP contribution in [0.2, 0.25) is 0 Å². The number of aromatic nitrogens is 2. The maximum Gasteiger partial charge on any atom is 0.228 e. The Labute approximate surface area is 161 Å². The molecule has 1 aromatic rings. The van der Waals surface area contributed by atoms with Gasteiger partial charge in [-0.15, -0.1) is 0 Å². The molecule has 27 heavy (non-hydrogen) atoms. The number of amides is 1. The first-order valence-corrected chi connectivity index (χ1v) is 9.75. The molecule has 0 radical (unpaired) electrons. The molecule has 150 valence electrons. The number of hydrogen-bond acceptors (Lipinski definition) is 7. The monoisotopic (exact) mass is 377 g/mol. The third-order valence-electron chi connectivity index (χ3n) is 5.73. The van der Waals surface area contributed by atoms with Gasteiger partial charge in [-0.25, -0.2) is 4.98 Å². The van der Waals surface area contributed by atoms with Crippen LogP contribution in [0.25, 0.3) is 0 Å². The van der Waals surface area contributed by atoms with Crippen molar-refractivity contribution in [2.24, 2.45) is 11.3 Å². The number of hydrogen-bond donors (Lipinski definition) is 2. The zero-order chi connectivity index (χ0) is 19.1. The lowest BCUT2D eigenvalue weighted by atomic mass is 9.79. The van der Waals surface area contributed by atoms with Gasteiger partial charge in [-0.3, -0.25) is 4.79 Å². The summed E-state index contributed by atoms with van der Waals surface area (Å²) < 4.78 is 10.6. The van der Waals surface area contributed by atoms with E-state index >= 15 is 0 Å². The molecule has 2 aliphatic heterocycles. The van der Waals surface area contributed by atoms with Crippen molar-refractivity contribution in [3.05, 3.63) is 12.3 Å². The molecule has 2 aliphatic rings. The summed E-state index contributed by atoms with van der Waals surface area (Å²) in [5, 5.41) is 6.59. The Morgan fingerprint density at radius 3 is 2.74 bits per heavy atom. The summed E-state index contributed by atoms with van der Waals surface area (Å²) in [7, 11) is 3.34. The third-order valence-corrected chi connectivity index (χ3v) is 5.73. The van der Waals surface area contributed by atoms with Gasteiger partial charge in [-0.2, -0.15) is 4.98 Å². The summed E-state index contributed by atoms with van der Waals surface area (Å²) in [5.74, 6) is 1.44. The first-order valence-electron chi connectivity index (χ1n) is 9.75. The molecular weight excluding hydrogens is 346 g/mol. The number of nitrogens with one attached hydrogen (secondary N) is 2. The number of carbonyl (C=O) groups is 1. The smallest absolute Gasteiger partial charge is 0.228 e. The van der Waals surface area contributed by atoms with Gasteiger partial charge < -0.3 is 25.0 Å². The van der Waals surface area contributed by atoms with Crippen LogP contribution in [0.1, 0.15) is 25.7 Å². The maximum absolute atomic E-state index is 12.7. The second-order valence-electron chi connectivity index (χ2n) is 7.56. The van der Waals surface area contributed by atoms with Crippen LogP contribution in [0.4, 0.5) is 5.95 Å². The zero-order valence-electron chi connectivity index (χ0n) is 16.4. The van der Waals surface area contributed by atoms with Gasteiger partial charge in [0.1, 0.15) is 0 Å². The van der Waals surface area contributed by atoms with Crippen molar-refractivity contribution in [1.82, 2.24) is 20.6 Å². The quantitative estimate of drug-likeness (QED) is 0.728. The van der Waals surface area contributed by atoms with Gasteiger partial charge >= 0.3 is 0 Å². The van der Waals surface area contributed by atoms with Crippen molar-refractivity contribution >= 4 is 11.9 Å². The van der Waals surface area contributed by atoms with E-state index < -0.39 is 0 Å². The molecule has 1 aromatic heterocycles. The topological polar surface area (TPSA) is 88.6 Å². The molecule has 0 saturated carbocycles. The molecule has 8 nitrogen and oxygen atoms in total. The number of carbonyl (C=O) groups excluding carboxylic acids is 1. The highest BCUT2D eigenvalue weighted by Crippen LogP contribution is 2.29. The summed E-state index contributed by atoms with van der Waals surface area (Å²) in [6.45, 7) is 4.91. The van der Waals surface area contributed by atoms with Crippen LogP contribution in [-0.2, 0) is 9.53 Å². The van der Waals surface area contributed by atoms with E-state index in [1.165, 1.54) is 0 Å². The van der Waals surface area contributed by atoms with Crippen molar-refractivity contribution in [3.63, 3.8) is 0 Å². The summed E-state index contributed by atoms with van der Waals surface area (Å²) in [4.78, 5) is 23.5. The molecule has 0 unspecified atom stereocenters. The molecule has 3 rings (SSSR count). The van der Waals surface area contributed by atoms with Gasteiger partial charge in [0.15, 0.2) is 0 Å². The average Bonchev–Trinajstić information content (AvgIpc) is 2.73. The highest BCUT2D eigenvalue weighted by Gasteiger charge is 2.34. The van der Waals surface area contributed by atoms with E-state index in [4.69, 9.17) is 9.47 Å². The van der Waals surface area contributed by atoms with Crippen molar-refractivity contribution in [2.45, 2.75) is 25.7 Å². The van der Waals surface area contributed by atoms with E-state index in [0.717, 1.165) is 51.9 Å². The Balaban J connectivity index is 1.49. The minimum atomic E-state index is 0.0492. The van der Waals surface area contributed by atoms with E-state index in [9.17, 15) is 4.79 Å². The first-order chi connectivity index (χ1) is 13.2. The molecule has 0 spiro atoms. The summed E-state index contributed by atoms with van der Waals surface area (Å²) in [6, 6.07) is 1.74. The van der Waals surface area contributed by atoms with Gasteiger partial charge in [-0.05, 0) is 38.8 Å². The fraction of sp³-hybridized carbons (Fsp3) is 0.737. The standard InChI is InChI=1S/C19H31N5O3/c1-26-14-19(6-9-20-10-7-19)13-22-17(25)15-4-11-24(12-5-15)18-21-8-3-16(23-18)27-2/h3,8,15,20H,4-7,9-14H2,1-2H3,(H,22,25). The van der Waals surface area contributed by atoms with Gasteiger partial charge in [0.2, 0.25) is 17.7 Å². The van der Waals surface area contributed by atoms with Gasteiger partial charge in [0, 0.05) is 50.3 Å². The molecule has 2 N–H and O–H groups in total. The summed E-state index contributed by atoms with van der Waals surface area (Å²) >= 11 is 0. The molecule has 0 aliphatic carbocycles. The minimum absolute atomic E-state index is 0.0492. The van der Waals surface area contributed by atoms with Crippen LogP contribution in [0.3, 0.4) is 0 Å². The number of ether oxygens (including phenoxy) is 2. The SMILES string of the molecule is COCC1(CNC(=O)C2CCN(c3nccc(OC)n3)CC2)CCNCC1. The summed E-state index contributed by atoms with van der Waals surface area (Å²) in [5.41, 5.74) is 0.0603. The van der Waals surface area contributed by atoms with Gasteiger partial charge in [0.05, 0.1) is 13.7 Å². The predicted octanol–water partition coefficient (Wildman–Crippen LogP) is 0.834. The van der Waals surface area contributed by atoms with Crippen LogP contribution in [-0.4, -0.2) is 69.4 Å². The lowest BCUT2D eigenvalue weighted by molar-refractivity contribution is -0.126.